The first kappa shape index (κ1) is 15.9. The molecule has 120 valence electrons. The first-order valence-electron chi connectivity index (χ1n) is 7.65. The number of rotatable bonds is 1. The van der Waals surface area contributed by atoms with E-state index in [1.807, 2.05) is 32.9 Å². The van der Waals surface area contributed by atoms with Gasteiger partial charge in [-0.25, -0.2) is 4.98 Å². The predicted molar refractivity (Wildman–Crippen MR) is 86.9 cm³/mol. The molecular weight excluding hydrogens is 310 g/mol. The van der Waals surface area contributed by atoms with Gasteiger partial charge in [0.1, 0.15) is 11.8 Å². The molecule has 0 saturated carbocycles. The van der Waals surface area contributed by atoms with Gasteiger partial charge in [-0.2, -0.15) is 5.26 Å². The quantitative estimate of drug-likeness (QED) is 0.794. The largest absolute Gasteiger partial charge is 0.336 e. The highest BCUT2D eigenvalue weighted by atomic mass is 32.1. The van der Waals surface area contributed by atoms with E-state index >= 15 is 0 Å². The molecule has 1 spiro atoms. The van der Waals surface area contributed by atoms with E-state index in [2.05, 4.69) is 4.98 Å². The SMILES string of the molecule is Cc1scnc1C(=O)N1CC[C@]2(C=C(C#N)C(=O)C(C)(C)C2)C1. The van der Waals surface area contributed by atoms with Crippen LogP contribution < -0.4 is 0 Å². The molecule has 2 aliphatic rings. The molecule has 6 heteroatoms. The minimum Gasteiger partial charge on any atom is -0.336 e. The number of carbonyl (C=O) groups is 2. The van der Waals surface area contributed by atoms with E-state index in [1.54, 1.807) is 10.4 Å². The third kappa shape index (κ3) is 2.59. The monoisotopic (exact) mass is 329 g/mol. The van der Waals surface area contributed by atoms with Crippen LogP contribution in [0.4, 0.5) is 0 Å². The van der Waals surface area contributed by atoms with Crippen LogP contribution in [0.1, 0.15) is 42.1 Å². The highest BCUT2D eigenvalue weighted by Crippen LogP contribution is 2.48. The van der Waals surface area contributed by atoms with Crippen LogP contribution in [0.2, 0.25) is 0 Å². The number of nitrogens with zero attached hydrogens (tertiary/aromatic N) is 3. The standard InChI is InChI=1S/C17H19N3O2S/c1-11-13(19-10-23-11)15(22)20-5-4-17(9-20)6-12(7-18)14(21)16(2,3)8-17/h6,10H,4-5,8-9H2,1-3H3/t17-/m1/s1. The third-order valence-electron chi connectivity index (χ3n) is 4.84. The second-order valence-corrected chi connectivity index (χ2v) is 8.21. The fraction of sp³-hybridized carbons (Fsp3) is 0.529. The molecule has 5 nitrogen and oxygen atoms in total. The molecule has 1 saturated heterocycles. The summed E-state index contributed by atoms with van der Waals surface area (Å²) in [6.45, 7) is 6.85. The summed E-state index contributed by atoms with van der Waals surface area (Å²) in [6, 6.07) is 2.04. The molecule has 0 bridgehead atoms. The Balaban J connectivity index is 1.88. The zero-order valence-electron chi connectivity index (χ0n) is 13.5. The summed E-state index contributed by atoms with van der Waals surface area (Å²) >= 11 is 1.46. The molecule has 1 aliphatic carbocycles. The maximum atomic E-state index is 12.6. The lowest BCUT2D eigenvalue weighted by Gasteiger charge is -2.38. The number of hydrogen-bond acceptors (Lipinski definition) is 5. The Hall–Kier alpha value is -2.00. The van der Waals surface area contributed by atoms with Crippen LogP contribution >= 0.6 is 11.3 Å². The number of allylic oxidation sites excluding steroid dienone is 1. The summed E-state index contributed by atoms with van der Waals surface area (Å²) in [4.78, 5) is 31.8. The van der Waals surface area contributed by atoms with Crippen LogP contribution in [0.3, 0.4) is 0 Å². The van der Waals surface area contributed by atoms with Crippen molar-refractivity contribution in [2.45, 2.75) is 33.6 Å². The summed E-state index contributed by atoms with van der Waals surface area (Å²) in [5, 5.41) is 9.27. The molecule has 0 aromatic carbocycles. The van der Waals surface area contributed by atoms with Gasteiger partial charge in [-0.05, 0) is 19.8 Å². The minimum atomic E-state index is -0.560. The van der Waals surface area contributed by atoms with Gasteiger partial charge in [0.05, 0.1) is 11.1 Å². The van der Waals surface area contributed by atoms with Crippen molar-refractivity contribution < 1.29 is 9.59 Å². The molecule has 0 unspecified atom stereocenters. The number of hydrogen-bond donors (Lipinski definition) is 0. The first-order chi connectivity index (χ1) is 10.8. The molecule has 1 atom stereocenters. The molecule has 1 amide bonds. The Morgan fingerprint density at radius 3 is 2.83 bits per heavy atom. The van der Waals surface area contributed by atoms with E-state index in [0.717, 1.165) is 11.3 Å². The highest BCUT2D eigenvalue weighted by molar-refractivity contribution is 7.09. The third-order valence-corrected chi connectivity index (χ3v) is 5.60. The van der Waals surface area contributed by atoms with Gasteiger partial charge in [0, 0.05) is 28.8 Å². The van der Waals surface area contributed by atoms with Gasteiger partial charge in [-0.1, -0.05) is 19.9 Å². The lowest BCUT2D eigenvalue weighted by molar-refractivity contribution is -0.125. The average Bonchev–Trinajstić information content (AvgIpc) is 3.09. The van der Waals surface area contributed by atoms with Gasteiger partial charge in [-0.15, -0.1) is 11.3 Å². The molecule has 1 aliphatic heterocycles. The van der Waals surface area contributed by atoms with Crippen LogP contribution in [-0.2, 0) is 4.79 Å². The Labute approximate surface area is 139 Å². The molecule has 1 aromatic rings. The number of Topliss-reactive ketones (excluding diaryl/α,β-unsaturated/α-hetero) is 1. The molecule has 23 heavy (non-hydrogen) atoms. The number of likely N-dealkylation sites (tertiary alicyclic amines) is 1. The normalized spacial score (nSPS) is 26.3. The number of aryl methyl sites for hydroxylation is 1. The molecule has 2 heterocycles. The van der Waals surface area contributed by atoms with Crippen molar-refractivity contribution >= 4 is 23.0 Å². The summed E-state index contributed by atoms with van der Waals surface area (Å²) in [5.41, 5.74) is 1.60. The van der Waals surface area contributed by atoms with Gasteiger partial charge in [0.25, 0.3) is 5.91 Å². The number of nitriles is 1. The lowest BCUT2D eigenvalue weighted by Crippen LogP contribution is -2.40. The van der Waals surface area contributed by atoms with Crippen LogP contribution in [0.25, 0.3) is 0 Å². The van der Waals surface area contributed by atoms with Crippen molar-refractivity contribution in [3.63, 3.8) is 0 Å². The zero-order valence-corrected chi connectivity index (χ0v) is 14.4. The van der Waals surface area contributed by atoms with Gasteiger partial charge in [0.2, 0.25) is 0 Å². The predicted octanol–water partition coefficient (Wildman–Crippen LogP) is 2.73. The van der Waals surface area contributed by atoms with E-state index in [-0.39, 0.29) is 22.7 Å². The average molecular weight is 329 g/mol. The first-order valence-corrected chi connectivity index (χ1v) is 8.53. The smallest absolute Gasteiger partial charge is 0.273 e. The van der Waals surface area contributed by atoms with E-state index in [0.29, 0.717) is 25.2 Å². The summed E-state index contributed by atoms with van der Waals surface area (Å²) in [7, 11) is 0. The molecule has 1 aromatic heterocycles. The van der Waals surface area contributed by atoms with Crippen molar-refractivity contribution in [2.75, 3.05) is 13.1 Å². The molecule has 0 radical (unpaired) electrons. The van der Waals surface area contributed by atoms with Crippen molar-refractivity contribution in [2.24, 2.45) is 10.8 Å². The van der Waals surface area contributed by atoms with E-state index < -0.39 is 5.41 Å². The fourth-order valence-electron chi connectivity index (χ4n) is 3.82. The topological polar surface area (TPSA) is 74.1 Å². The number of thiazole rings is 1. The molecule has 1 fully saturated rings. The van der Waals surface area contributed by atoms with Crippen LogP contribution in [0.5, 0.6) is 0 Å². The summed E-state index contributed by atoms with van der Waals surface area (Å²) < 4.78 is 0. The van der Waals surface area contributed by atoms with Crippen LogP contribution in [-0.4, -0.2) is 34.7 Å². The van der Waals surface area contributed by atoms with Gasteiger partial charge in [0.15, 0.2) is 5.78 Å². The molecular formula is C17H19N3O2S. The van der Waals surface area contributed by atoms with E-state index in [9.17, 15) is 14.9 Å². The maximum absolute atomic E-state index is 12.6. The summed E-state index contributed by atoms with van der Waals surface area (Å²) in [6.07, 6.45) is 3.26. The van der Waals surface area contributed by atoms with Crippen molar-refractivity contribution in [1.82, 2.24) is 9.88 Å². The lowest BCUT2D eigenvalue weighted by atomic mass is 9.64. The van der Waals surface area contributed by atoms with Gasteiger partial charge < -0.3 is 4.90 Å². The number of aromatic nitrogens is 1. The van der Waals surface area contributed by atoms with Crippen molar-refractivity contribution in [1.29, 1.82) is 5.26 Å². The summed E-state index contributed by atoms with van der Waals surface area (Å²) in [5.74, 6) is -0.145. The highest BCUT2D eigenvalue weighted by Gasteiger charge is 2.49. The number of amides is 1. The minimum absolute atomic E-state index is 0.0535. The fourth-order valence-corrected chi connectivity index (χ4v) is 4.39. The van der Waals surface area contributed by atoms with Crippen LogP contribution in [0.15, 0.2) is 17.2 Å². The Bertz CT molecular complexity index is 756. The Kier molecular flexibility index (Phi) is 3.64. The Morgan fingerprint density at radius 2 is 2.22 bits per heavy atom. The van der Waals surface area contributed by atoms with Crippen molar-refractivity contribution in [3.8, 4) is 6.07 Å². The number of ketones is 1. The number of carbonyl (C=O) groups excluding carboxylic acids is 2. The van der Waals surface area contributed by atoms with E-state index in [1.165, 1.54) is 11.3 Å². The second-order valence-electron chi connectivity index (χ2n) is 7.16. The van der Waals surface area contributed by atoms with Gasteiger partial charge in [-0.3, -0.25) is 9.59 Å². The molecule has 0 N–H and O–H groups in total. The van der Waals surface area contributed by atoms with E-state index in [4.69, 9.17) is 0 Å². The maximum Gasteiger partial charge on any atom is 0.273 e. The zero-order chi connectivity index (χ0) is 16.8. The second kappa shape index (κ2) is 5.27. The van der Waals surface area contributed by atoms with Crippen LogP contribution in [0, 0.1) is 29.1 Å². The Morgan fingerprint density at radius 1 is 1.48 bits per heavy atom. The molecule has 3 rings (SSSR count). The van der Waals surface area contributed by atoms with Crippen molar-refractivity contribution in [3.05, 3.63) is 27.7 Å². The van der Waals surface area contributed by atoms with Gasteiger partial charge >= 0.3 is 0 Å².